The molecule has 2 aromatic rings. The third-order valence-corrected chi connectivity index (χ3v) is 3.97. The number of carboxylic acids is 1. The van der Waals surface area contributed by atoms with Crippen LogP contribution in [-0.2, 0) is 13.1 Å². The molecule has 0 bridgehead atoms. The summed E-state index contributed by atoms with van der Waals surface area (Å²) in [7, 11) is 2.01. The Balaban J connectivity index is 1.94. The van der Waals surface area contributed by atoms with Crippen molar-refractivity contribution in [3.05, 3.63) is 56.7 Å². The van der Waals surface area contributed by atoms with Crippen LogP contribution in [-0.4, -0.2) is 23.0 Å². The molecule has 0 saturated heterocycles. The summed E-state index contributed by atoms with van der Waals surface area (Å²) in [5.41, 5.74) is 1.18. The van der Waals surface area contributed by atoms with Gasteiger partial charge in [-0.05, 0) is 36.9 Å². The molecule has 0 aliphatic heterocycles. The normalized spacial score (nSPS) is 10.9. The first-order valence-electron chi connectivity index (χ1n) is 5.79. The summed E-state index contributed by atoms with van der Waals surface area (Å²) >= 11 is 7.16. The Morgan fingerprint density at radius 1 is 1.21 bits per heavy atom. The minimum absolute atomic E-state index is 0.384. The fraction of sp³-hybridized carbons (Fsp3) is 0.214. The van der Waals surface area contributed by atoms with Crippen LogP contribution >= 0.6 is 22.9 Å². The zero-order valence-electron chi connectivity index (χ0n) is 10.5. The molecule has 0 atom stereocenters. The molecule has 0 aliphatic rings. The Labute approximate surface area is 121 Å². The summed E-state index contributed by atoms with van der Waals surface area (Å²) in [4.78, 5) is 14.4. The summed E-state index contributed by atoms with van der Waals surface area (Å²) in [5.74, 6) is -0.864. The Morgan fingerprint density at radius 2 is 1.89 bits per heavy atom. The first-order valence-corrected chi connectivity index (χ1v) is 6.99. The lowest BCUT2D eigenvalue weighted by Gasteiger charge is -2.15. The van der Waals surface area contributed by atoms with Gasteiger partial charge in [-0.25, -0.2) is 4.79 Å². The van der Waals surface area contributed by atoms with Crippen LogP contribution in [0.2, 0.25) is 5.02 Å². The number of thiophene rings is 1. The highest BCUT2D eigenvalue weighted by Crippen LogP contribution is 2.19. The van der Waals surface area contributed by atoms with E-state index in [1.54, 1.807) is 6.07 Å². The molecule has 1 aromatic carbocycles. The monoisotopic (exact) mass is 295 g/mol. The zero-order valence-corrected chi connectivity index (χ0v) is 12.0. The van der Waals surface area contributed by atoms with E-state index in [0.29, 0.717) is 4.88 Å². The number of aromatic carboxylic acids is 1. The molecule has 19 heavy (non-hydrogen) atoms. The number of halogens is 1. The van der Waals surface area contributed by atoms with Crippen molar-refractivity contribution in [2.75, 3.05) is 7.05 Å². The van der Waals surface area contributed by atoms with Gasteiger partial charge in [0, 0.05) is 23.0 Å². The summed E-state index contributed by atoms with van der Waals surface area (Å²) < 4.78 is 0. The van der Waals surface area contributed by atoms with E-state index in [1.807, 2.05) is 37.4 Å². The molecule has 1 aromatic heterocycles. The lowest BCUT2D eigenvalue weighted by atomic mass is 10.2. The van der Waals surface area contributed by atoms with Crippen LogP contribution in [0.4, 0.5) is 0 Å². The van der Waals surface area contributed by atoms with Gasteiger partial charge >= 0.3 is 5.97 Å². The predicted octanol–water partition coefficient (Wildman–Crippen LogP) is 3.73. The summed E-state index contributed by atoms with van der Waals surface area (Å²) in [6, 6.07) is 11.3. The van der Waals surface area contributed by atoms with Gasteiger partial charge in [-0.3, -0.25) is 4.90 Å². The Kier molecular flexibility index (Phi) is 4.58. The molecule has 0 unspecified atom stereocenters. The lowest BCUT2D eigenvalue weighted by molar-refractivity contribution is 0.0702. The fourth-order valence-corrected chi connectivity index (χ4v) is 2.85. The van der Waals surface area contributed by atoms with Gasteiger partial charge in [-0.2, -0.15) is 0 Å². The van der Waals surface area contributed by atoms with Crippen LogP contribution in [0.25, 0.3) is 0 Å². The van der Waals surface area contributed by atoms with Crippen molar-refractivity contribution in [3.63, 3.8) is 0 Å². The molecule has 100 valence electrons. The van der Waals surface area contributed by atoms with Crippen molar-refractivity contribution in [1.29, 1.82) is 0 Å². The number of nitrogens with zero attached hydrogens (tertiary/aromatic N) is 1. The van der Waals surface area contributed by atoms with Crippen molar-refractivity contribution in [3.8, 4) is 0 Å². The van der Waals surface area contributed by atoms with E-state index >= 15 is 0 Å². The molecule has 1 N–H and O–H groups in total. The maximum absolute atomic E-state index is 10.8. The molecular formula is C14H14ClNO2S. The van der Waals surface area contributed by atoms with Gasteiger partial charge in [0.15, 0.2) is 0 Å². The maximum atomic E-state index is 10.8. The average Bonchev–Trinajstić information content (AvgIpc) is 2.80. The Hall–Kier alpha value is -1.36. The van der Waals surface area contributed by atoms with Crippen molar-refractivity contribution in [2.45, 2.75) is 13.1 Å². The molecule has 2 rings (SSSR count). The molecule has 0 fully saturated rings. The van der Waals surface area contributed by atoms with E-state index in [0.717, 1.165) is 23.0 Å². The van der Waals surface area contributed by atoms with E-state index in [9.17, 15) is 4.79 Å². The molecule has 3 nitrogen and oxygen atoms in total. The highest BCUT2D eigenvalue weighted by atomic mass is 35.5. The highest BCUT2D eigenvalue weighted by Gasteiger charge is 2.08. The number of carbonyl (C=O) groups is 1. The fourth-order valence-electron chi connectivity index (χ4n) is 1.80. The standard InChI is InChI=1S/C14H14ClNO2S/c1-16(8-10-2-4-11(15)5-3-10)9-12-6-7-13(19-12)14(17)18/h2-7H,8-9H2,1H3,(H,17,18). The van der Waals surface area contributed by atoms with E-state index in [4.69, 9.17) is 16.7 Å². The highest BCUT2D eigenvalue weighted by molar-refractivity contribution is 7.13. The number of hydrogen-bond acceptors (Lipinski definition) is 3. The molecule has 0 spiro atoms. The van der Waals surface area contributed by atoms with Crippen LogP contribution in [0.15, 0.2) is 36.4 Å². The van der Waals surface area contributed by atoms with Crippen molar-refractivity contribution in [1.82, 2.24) is 4.90 Å². The maximum Gasteiger partial charge on any atom is 0.345 e. The topological polar surface area (TPSA) is 40.5 Å². The second kappa shape index (κ2) is 6.19. The summed E-state index contributed by atoms with van der Waals surface area (Å²) in [5, 5.41) is 9.61. The van der Waals surface area contributed by atoms with E-state index < -0.39 is 5.97 Å². The Morgan fingerprint density at radius 3 is 2.47 bits per heavy atom. The Bertz CT molecular complexity index is 565. The van der Waals surface area contributed by atoms with Gasteiger partial charge in [0.05, 0.1) is 0 Å². The van der Waals surface area contributed by atoms with Gasteiger partial charge in [0.25, 0.3) is 0 Å². The second-order valence-corrected chi connectivity index (χ2v) is 5.97. The predicted molar refractivity (Wildman–Crippen MR) is 77.9 cm³/mol. The molecule has 0 amide bonds. The summed E-state index contributed by atoms with van der Waals surface area (Å²) in [6.45, 7) is 1.54. The number of hydrogen-bond donors (Lipinski definition) is 1. The van der Waals surface area contributed by atoms with Crippen molar-refractivity contribution < 1.29 is 9.90 Å². The van der Waals surface area contributed by atoms with Crippen LogP contribution in [0, 0.1) is 0 Å². The van der Waals surface area contributed by atoms with Gasteiger partial charge in [-0.1, -0.05) is 23.7 Å². The van der Waals surface area contributed by atoms with E-state index in [2.05, 4.69) is 4.90 Å². The van der Waals surface area contributed by atoms with Crippen LogP contribution in [0.3, 0.4) is 0 Å². The van der Waals surface area contributed by atoms with Gasteiger partial charge in [0.2, 0.25) is 0 Å². The second-order valence-electron chi connectivity index (χ2n) is 4.37. The lowest BCUT2D eigenvalue weighted by Crippen LogP contribution is -2.16. The van der Waals surface area contributed by atoms with Gasteiger partial charge < -0.3 is 5.11 Å². The first kappa shape index (κ1) is 14.1. The van der Waals surface area contributed by atoms with Crippen LogP contribution in [0.5, 0.6) is 0 Å². The third-order valence-electron chi connectivity index (χ3n) is 2.66. The van der Waals surface area contributed by atoms with Crippen LogP contribution in [0.1, 0.15) is 20.1 Å². The number of benzene rings is 1. The van der Waals surface area contributed by atoms with Crippen LogP contribution < -0.4 is 0 Å². The molecule has 0 radical (unpaired) electrons. The quantitative estimate of drug-likeness (QED) is 0.913. The van der Waals surface area contributed by atoms with Crippen molar-refractivity contribution >= 4 is 28.9 Å². The molecule has 0 aliphatic carbocycles. The number of rotatable bonds is 5. The SMILES string of the molecule is CN(Cc1ccc(Cl)cc1)Cc1ccc(C(=O)O)s1. The van der Waals surface area contributed by atoms with E-state index in [1.165, 1.54) is 16.9 Å². The molecule has 5 heteroatoms. The molecule has 0 saturated carbocycles. The number of carboxylic acid groups (broad SMARTS) is 1. The first-order chi connectivity index (χ1) is 9.04. The van der Waals surface area contributed by atoms with Gasteiger partial charge in [0.1, 0.15) is 4.88 Å². The smallest absolute Gasteiger partial charge is 0.345 e. The molecule has 1 heterocycles. The minimum Gasteiger partial charge on any atom is -0.477 e. The average molecular weight is 296 g/mol. The molecular weight excluding hydrogens is 282 g/mol. The van der Waals surface area contributed by atoms with Crippen molar-refractivity contribution in [2.24, 2.45) is 0 Å². The third kappa shape index (κ3) is 4.06. The minimum atomic E-state index is -0.864. The van der Waals surface area contributed by atoms with Gasteiger partial charge in [-0.15, -0.1) is 11.3 Å². The zero-order chi connectivity index (χ0) is 13.8. The largest absolute Gasteiger partial charge is 0.477 e. The van der Waals surface area contributed by atoms with E-state index in [-0.39, 0.29) is 0 Å². The summed E-state index contributed by atoms with van der Waals surface area (Å²) in [6.07, 6.45) is 0.